The van der Waals surface area contributed by atoms with Gasteiger partial charge in [0.25, 0.3) is 0 Å². The number of carboxylic acid groups (broad SMARTS) is 1. The summed E-state index contributed by atoms with van der Waals surface area (Å²) in [5, 5.41) is 10.9. The molecular weight excluding hydrogens is 234 g/mol. The fourth-order valence-corrected chi connectivity index (χ4v) is 1.69. The van der Waals surface area contributed by atoms with E-state index >= 15 is 0 Å². The topological polar surface area (TPSA) is 75.6 Å². The molecule has 0 aliphatic carbocycles. The maximum absolute atomic E-state index is 11.6. The van der Waals surface area contributed by atoms with E-state index in [0.29, 0.717) is 25.0 Å². The quantitative estimate of drug-likeness (QED) is 0.657. The van der Waals surface area contributed by atoms with Gasteiger partial charge in [-0.25, -0.2) is 4.79 Å². The predicted octanol–water partition coefficient (Wildman–Crippen LogP) is 2.51. The highest BCUT2D eigenvalue weighted by molar-refractivity contribution is 5.70. The zero-order chi connectivity index (χ0) is 14.1. The molecule has 0 fully saturated rings. The summed E-state index contributed by atoms with van der Waals surface area (Å²) in [5.74, 6) is 0.487. The molecule has 0 aromatic carbocycles. The molecule has 0 radical (unpaired) electrons. The number of carbonyl (C=O) groups excluding carboxylic acids is 1. The molecule has 5 heteroatoms. The molecule has 1 atom stereocenters. The van der Waals surface area contributed by atoms with Crippen molar-refractivity contribution < 1.29 is 19.4 Å². The van der Waals surface area contributed by atoms with Crippen molar-refractivity contribution in [3.05, 3.63) is 0 Å². The molecule has 0 rings (SSSR count). The van der Waals surface area contributed by atoms with Gasteiger partial charge < -0.3 is 15.2 Å². The van der Waals surface area contributed by atoms with Gasteiger partial charge in [-0.3, -0.25) is 4.79 Å². The van der Waals surface area contributed by atoms with E-state index in [9.17, 15) is 9.59 Å². The van der Waals surface area contributed by atoms with Crippen molar-refractivity contribution in [1.29, 1.82) is 0 Å². The largest absolute Gasteiger partial charge is 0.465 e. The van der Waals surface area contributed by atoms with E-state index in [-0.39, 0.29) is 18.3 Å². The van der Waals surface area contributed by atoms with Gasteiger partial charge in [0.2, 0.25) is 0 Å². The van der Waals surface area contributed by atoms with Crippen molar-refractivity contribution >= 4 is 12.1 Å². The molecule has 1 unspecified atom stereocenters. The first-order valence-electron chi connectivity index (χ1n) is 6.43. The molecule has 1 amide bonds. The highest BCUT2D eigenvalue weighted by atomic mass is 16.5. The molecule has 0 aromatic rings. The summed E-state index contributed by atoms with van der Waals surface area (Å²) in [6.07, 6.45) is 0.0155. The fraction of sp³-hybridized carbons (Fsp3) is 0.846. The Bertz CT molecular complexity index is 264. The average Bonchev–Trinajstić information content (AvgIpc) is 2.22. The molecule has 0 aromatic heterocycles. The lowest BCUT2D eigenvalue weighted by molar-refractivity contribution is -0.145. The van der Waals surface area contributed by atoms with Crippen molar-refractivity contribution in [2.24, 2.45) is 17.8 Å². The number of ether oxygens (including phenoxy) is 1. The van der Waals surface area contributed by atoms with Gasteiger partial charge in [0.05, 0.1) is 13.0 Å². The van der Waals surface area contributed by atoms with Crippen LogP contribution in [-0.4, -0.2) is 30.3 Å². The molecule has 0 bridgehead atoms. The smallest absolute Gasteiger partial charge is 0.404 e. The van der Waals surface area contributed by atoms with Crippen LogP contribution in [0.25, 0.3) is 0 Å². The first kappa shape index (κ1) is 16.7. The molecule has 0 saturated carbocycles. The van der Waals surface area contributed by atoms with Crippen LogP contribution >= 0.6 is 0 Å². The lowest BCUT2D eigenvalue weighted by atomic mass is 9.94. The Morgan fingerprint density at radius 1 is 1.17 bits per heavy atom. The third-order valence-electron chi connectivity index (χ3n) is 2.38. The minimum atomic E-state index is -1.06. The minimum absolute atomic E-state index is 0.000706. The number of rotatable bonds is 8. The lowest BCUT2D eigenvalue weighted by Crippen LogP contribution is -2.30. The van der Waals surface area contributed by atoms with Crippen LogP contribution in [0, 0.1) is 17.8 Å². The summed E-state index contributed by atoms with van der Waals surface area (Å²) in [7, 11) is 0. The summed E-state index contributed by atoms with van der Waals surface area (Å²) in [6.45, 7) is 8.76. The molecule has 18 heavy (non-hydrogen) atoms. The van der Waals surface area contributed by atoms with Crippen LogP contribution in [0.4, 0.5) is 4.79 Å². The molecule has 0 aliphatic heterocycles. The summed E-state index contributed by atoms with van der Waals surface area (Å²) in [5.41, 5.74) is 0. The second kappa shape index (κ2) is 8.78. The van der Waals surface area contributed by atoms with Gasteiger partial charge in [-0.05, 0) is 24.2 Å². The van der Waals surface area contributed by atoms with Crippen molar-refractivity contribution in [2.75, 3.05) is 13.2 Å². The Morgan fingerprint density at radius 2 is 1.78 bits per heavy atom. The third kappa shape index (κ3) is 9.93. The number of esters is 1. The molecule has 5 nitrogen and oxygen atoms in total. The zero-order valence-electron chi connectivity index (χ0n) is 11.7. The number of nitrogens with one attached hydrogen (secondary N) is 1. The first-order chi connectivity index (χ1) is 8.31. The molecule has 106 valence electrons. The van der Waals surface area contributed by atoms with Crippen LogP contribution in [0.1, 0.15) is 40.5 Å². The van der Waals surface area contributed by atoms with Crippen LogP contribution in [0.5, 0.6) is 0 Å². The summed E-state index contributed by atoms with van der Waals surface area (Å²) >= 11 is 0. The van der Waals surface area contributed by atoms with E-state index in [1.165, 1.54) is 0 Å². The van der Waals surface area contributed by atoms with E-state index in [4.69, 9.17) is 9.84 Å². The monoisotopic (exact) mass is 259 g/mol. The standard InChI is InChI=1S/C13H25NO4/c1-9(2)5-11(7-14-13(16)17)6-12(15)18-8-10(3)4/h9-11,14H,5-8H2,1-4H3,(H,16,17). The predicted molar refractivity (Wildman–Crippen MR) is 69.4 cm³/mol. The van der Waals surface area contributed by atoms with Crippen molar-refractivity contribution in [3.63, 3.8) is 0 Å². The van der Waals surface area contributed by atoms with Gasteiger partial charge in [-0.15, -0.1) is 0 Å². The van der Waals surface area contributed by atoms with E-state index in [0.717, 1.165) is 6.42 Å². The Balaban J connectivity index is 4.12. The van der Waals surface area contributed by atoms with E-state index < -0.39 is 6.09 Å². The molecule has 0 saturated heterocycles. The first-order valence-corrected chi connectivity index (χ1v) is 6.43. The molecule has 0 aliphatic rings. The lowest BCUT2D eigenvalue weighted by Gasteiger charge is -2.18. The van der Waals surface area contributed by atoms with Gasteiger partial charge in [0, 0.05) is 6.54 Å². The maximum Gasteiger partial charge on any atom is 0.404 e. The molecular formula is C13H25NO4. The van der Waals surface area contributed by atoms with Crippen molar-refractivity contribution in [1.82, 2.24) is 5.32 Å². The number of amides is 1. The average molecular weight is 259 g/mol. The van der Waals surface area contributed by atoms with Crippen LogP contribution in [0.2, 0.25) is 0 Å². The normalized spacial score (nSPS) is 12.6. The summed E-state index contributed by atoms with van der Waals surface area (Å²) in [4.78, 5) is 22.0. The van der Waals surface area contributed by atoms with Gasteiger partial charge in [-0.1, -0.05) is 27.7 Å². The van der Waals surface area contributed by atoms with Crippen LogP contribution < -0.4 is 5.32 Å². The number of carbonyl (C=O) groups is 2. The van der Waals surface area contributed by atoms with Crippen LogP contribution in [0.3, 0.4) is 0 Å². The molecule has 2 N–H and O–H groups in total. The second-order valence-electron chi connectivity index (χ2n) is 5.46. The van der Waals surface area contributed by atoms with E-state index in [2.05, 4.69) is 5.32 Å². The Hall–Kier alpha value is -1.26. The third-order valence-corrected chi connectivity index (χ3v) is 2.38. The summed E-state index contributed by atoms with van der Waals surface area (Å²) in [6, 6.07) is 0. The van der Waals surface area contributed by atoms with Crippen LogP contribution in [0.15, 0.2) is 0 Å². The van der Waals surface area contributed by atoms with Crippen LogP contribution in [-0.2, 0) is 9.53 Å². The Morgan fingerprint density at radius 3 is 2.22 bits per heavy atom. The van der Waals surface area contributed by atoms with Gasteiger partial charge in [0.15, 0.2) is 0 Å². The number of hydrogen-bond acceptors (Lipinski definition) is 3. The van der Waals surface area contributed by atoms with Gasteiger partial charge >= 0.3 is 12.1 Å². The summed E-state index contributed by atoms with van der Waals surface area (Å²) < 4.78 is 5.11. The maximum atomic E-state index is 11.6. The Labute approximate surface area is 109 Å². The van der Waals surface area contributed by atoms with Crippen molar-refractivity contribution in [3.8, 4) is 0 Å². The number of hydrogen-bond donors (Lipinski definition) is 2. The minimum Gasteiger partial charge on any atom is -0.465 e. The van der Waals surface area contributed by atoms with E-state index in [1.807, 2.05) is 27.7 Å². The second-order valence-corrected chi connectivity index (χ2v) is 5.46. The zero-order valence-corrected chi connectivity index (χ0v) is 11.7. The highest BCUT2D eigenvalue weighted by Crippen LogP contribution is 2.15. The highest BCUT2D eigenvalue weighted by Gasteiger charge is 2.17. The molecule has 0 heterocycles. The van der Waals surface area contributed by atoms with Gasteiger partial charge in [0.1, 0.15) is 0 Å². The fourth-order valence-electron chi connectivity index (χ4n) is 1.69. The van der Waals surface area contributed by atoms with Gasteiger partial charge in [-0.2, -0.15) is 0 Å². The van der Waals surface area contributed by atoms with E-state index in [1.54, 1.807) is 0 Å². The molecule has 0 spiro atoms. The Kier molecular flexibility index (Phi) is 8.16. The SMILES string of the molecule is CC(C)COC(=O)CC(CNC(=O)O)CC(C)C. The van der Waals surface area contributed by atoms with Crippen molar-refractivity contribution in [2.45, 2.75) is 40.5 Å².